The molecule has 122 valence electrons. The molecule has 0 radical (unpaired) electrons. The van der Waals surface area contributed by atoms with Crippen molar-refractivity contribution in [3.63, 3.8) is 0 Å². The minimum absolute atomic E-state index is 0.0286. The molecule has 0 aromatic carbocycles. The van der Waals surface area contributed by atoms with Crippen LogP contribution in [0.15, 0.2) is 22.8 Å². The summed E-state index contributed by atoms with van der Waals surface area (Å²) in [5.74, 6) is 1.71. The Morgan fingerprint density at radius 2 is 2.00 bits per heavy atom. The summed E-state index contributed by atoms with van der Waals surface area (Å²) in [5.41, 5.74) is 0. The SMILES string of the molecule is C[C@H]1[C@H](C)CCC[C@H]1NC(=O)CCC(=O)NCc1ccco1. The van der Waals surface area contributed by atoms with Crippen molar-refractivity contribution in [1.82, 2.24) is 10.6 Å². The second kappa shape index (κ2) is 8.01. The quantitative estimate of drug-likeness (QED) is 0.848. The Balaban J connectivity index is 1.65. The summed E-state index contributed by atoms with van der Waals surface area (Å²) in [6, 6.07) is 3.84. The Bertz CT molecular complexity index is 484. The van der Waals surface area contributed by atoms with Crippen molar-refractivity contribution in [3.8, 4) is 0 Å². The van der Waals surface area contributed by atoms with Crippen LogP contribution in [0.2, 0.25) is 0 Å². The van der Waals surface area contributed by atoms with Crippen molar-refractivity contribution in [2.24, 2.45) is 11.8 Å². The Morgan fingerprint density at radius 3 is 2.73 bits per heavy atom. The van der Waals surface area contributed by atoms with Crippen LogP contribution in [0.5, 0.6) is 0 Å². The summed E-state index contributed by atoms with van der Waals surface area (Å²) >= 11 is 0. The Labute approximate surface area is 131 Å². The van der Waals surface area contributed by atoms with Crippen molar-refractivity contribution in [2.45, 2.75) is 58.5 Å². The maximum absolute atomic E-state index is 12.0. The average molecular weight is 306 g/mol. The van der Waals surface area contributed by atoms with E-state index >= 15 is 0 Å². The zero-order valence-corrected chi connectivity index (χ0v) is 13.4. The summed E-state index contributed by atoms with van der Waals surface area (Å²) < 4.78 is 5.14. The van der Waals surface area contributed by atoms with E-state index in [4.69, 9.17) is 4.42 Å². The standard InChI is InChI=1S/C17H26N2O3/c1-12-5-3-7-15(13(12)2)19-17(21)9-8-16(20)18-11-14-6-4-10-22-14/h4,6,10,12-13,15H,3,5,7-9,11H2,1-2H3,(H,18,20)(H,19,21)/t12-,13+,15-/m1/s1. The average Bonchev–Trinajstić information content (AvgIpc) is 3.01. The lowest BCUT2D eigenvalue weighted by Crippen LogP contribution is -2.43. The van der Waals surface area contributed by atoms with E-state index in [1.807, 2.05) is 0 Å². The first-order chi connectivity index (χ1) is 10.6. The molecular formula is C17H26N2O3. The molecule has 0 aliphatic heterocycles. The second-order valence-electron chi connectivity index (χ2n) is 6.30. The molecule has 0 bridgehead atoms. The molecule has 2 N–H and O–H groups in total. The van der Waals surface area contributed by atoms with Crippen LogP contribution in [0.25, 0.3) is 0 Å². The smallest absolute Gasteiger partial charge is 0.220 e. The molecule has 0 saturated heterocycles. The molecule has 22 heavy (non-hydrogen) atoms. The number of nitrogens with one attached hydrogen (secondary N) is 2. The van der Waals surface area contributed by atoms with Gasteiger partial charge in [0.1, 0.15) is 5.76 Å². The van der Waals surface area contributed by atoms with Gasteiger partial charge in [-0.05, 0) is 30.4 Å². The molecule has 1 fully saturated rings. The number of furan rings is 1. The minimum atomic E-state index is -0.128. The molecule has 5 nitrogen and oxygen atoms in total. The molecule has 1 saturated carbocycles. The Kier molecular flexibility index (Phi) is 6.04. The third-order valence-electron chi connectivity index (χ3n) is 4.67. The first-order valence-corrected chi connectivity index (χ1v) is 8.14. The zero-order chi connectivity index (χ0) is 15.9. The van der Waals surface area contributed by atoms with Gasteiger partial charge in [0.15, 0.2) is 0 Å². The normalized spacial score (nSPS) is 24.7. The van der Waals surface area contributed by atoms with Gasteiger partial charge in [-0.1, -0.05) is 26.7 Å². The zero-order valence-electron chi connectivity index (χ0n) is 13.4. The number of hydrogen-bond acceptors (Lipinski definition) is 3. The number of hydrogen-bond donors (Lipinski definition) is 2. The molecule has 2 rings (SSSR count). The lowest BCUT2D eigenvalue weighted by molar-refractivity contribution is -0.127. The highest BCUT2D eigenvalue weighted by Crippen LogP contribution is 2.29. The van der Waals surface area contributed by atoms with Crippen molar-refractivity contribution < 1.29 is 14.0 Å². The number of rotatable bonds is 6. The third-order valence-corrected chi connectivity index (χ3v) is 4.67. The van der Waals surface area contributed by atoms with Crippen LogP contribution in [0, 0.1) is 11.8 Å². The van der Waals surface area contributed by atoms with Crippen molar-refractivity contribution in [3.05, 3.63) is 24.2 Å². The Hall–Kier alpha value is -1.78. The van der Waals surface area contributed by atoms with Crippen LogP contribution in [0.3, 0.4) is 0 Å². The van der Waals surface area contributed by atoms with E-state index in [1.54, 1.807) is 18.4 Å². The number of carbonyl (C=O) groups excluding carboxylic acids is 2. The molecule has 1 aromatic heterocycles. The van der Waals surface area contributed by atoms with E-state index < -0.39 is 0 Å². The summed E-state index contributed by atoms with van der Waals surface area (Å²) in [6.07, 6.45) is 5.47. The van der Waals surface area contributed by atoms with E-state index in [0.29, 0.717) is 24.1 Å². The van der Waals surface area contributed by atoms with Gasteiger partial charge in [-0.3, -0.25) is 9.59 Å². The van der Waals surface area contributed by atoms with Crippen LogP contribution in [-0.2, 0) is 16.1 Å². The van der Waals surface area contributed by atoms with Crippen molar-refractivity contribution in [1.29, 1.82) is 0 Å². The van der Waals surface area contributed by atoms with Gasteiger partial charge in [-0.15, -0.1) is 0 Å². The number of amides is 2. The third kappa shape index (κ3) is 4.90. The highest BCUT2D eigenvalue weighted by Gasteiger charge is 2.28. The van der Waals surface area contributed by atoms with E-state index in [1.165, 1.54) is 12.8 Å². The first-order valence-electron chi connectivity index (χ1n) is 8.14. The van der Waals surface area contributed by atoms with Gasteiger partial charge in [-0.2, -0.15) is 0 Å². The second-order valence-corrected chi connectivity index (χ2v) is 6.30. The van der Waals surface area contributed by atoms with Gasteiger partial charge in [-0.25, -0.2) is 0 Å². The molecule has 1 heterocycles. The lowest BCUT2D eigenvalue weighted by Gasteiger charge is -2.34. The Morgan fingerprint density at radius 1 is 1.23 bits per heavy atom. The van der Waals surface area contributed by atoms with Crippen LogP contribution in [-0.4, -0.2) is 17.9 Å². The van der Waals surface area contributed by atoms with Crippen molar-refractivity contribution in [2.75, 3.05) is 0 Å². The summed E-state index contributed by atoms with van der Waals surface area (Å²) in [4.78, 5) is 23.7. The summed E-state index contributed by atoms with van der Waals surface area (Å²) in [5, 5.41) is 5.83. The molecule has 3 atom stereocenters. The summed E-state index contributed by atoms with van der Waals surface area (Å²) in [7, 11) is 0. The molecule has 1 aliphatic carbocycles. The van der Waals surface area contributed by atoms with E-state index in [2.05, 4.69) is 24.5 Å². The van der Waals surface area contributed by atoms with Crippen LogP contribution in [0.4, 0.5) is 0 Å². The van der Waals surface area contributed by atoms with Crippen LogP contribution >= 0.6 is 0 Å². The fourth-order valence-electron chi connectivity index (χ4n) is 2.98. The summed E-state index contributed by atoms with van der Waals surface area (Å²) in [6.45, 7) is 4.81. The maximum atomic E-state index is 12.0. The molecular weight excluding hydrogens is 280 g/mol. The monoisotopic (exact) mass is 306 g/mol. The highest BCUT2D eigenvalue weighted by atomic mass is 16.3. The minimum Gasteiger partial charge on any atom is -0.467 e. The van der Waals surface area contributed by atoms with Crippen LogP contribution in [0.1, 0.15) is 51.7 Å². The fourth-order valence-corrected chi connectivity index (χ4v) is 2.98. The molecule has 2 amide bonds. The predicted octanol–water partition coefficient (Wildman–Crippen LogP) is 2.62. The van der Waals surface area contributed by atoms with E-state index in [9.17, 15) is 9.59 Å². The van der Waals surface area contributed by atoms with E-state index in [0.717, 1.165) is 6.42 Å². The first kappa shape index (κ1) is 16.6. The largest absolute Gasteiger partial charge is 0.467 e. The molecule has 0 unspecified atom stereocenters. The fraction of sp³-hybridized carbons (Fsp3) is 0.647. The van der Waals surface area contributed by atoms with Gasteiger partial charge in [0.25, 0.3) is 0 Å². The maximum Gasteiger partial charge on any atom is 0.220 e. The van der Waals surface area contributed by atoms with E-state index in [-0.39, 0.29) is 30.7 Å². The van der Waals surface area contributed by atoms with Gasteiger partial charge in [0.2, 0.25) is 11.8 Å². The molecule has 0 spiro atoms. The highest BCUT2D eigenvalue weighted by molar-refractivity contribution is 5.83. The van der Waals surface area contributed by atoms with Crippen LogP contribution < -0.4 is 10.6 Å². The van der Waals surface area contributed by atoms with Gasteiger partial charge in [0, 0.05) is 18.9 Å². The molecule has 5 heteroatoms. The molecule has 1 aromatic rings. The van der Waals surface area contributed by atoms with Gasteiger partial charge >= 0.3 is 0 Å². The van der Waals surface area contributed by atoms with Crippen molar-refractivity contribution >= 4 is 11.8 Å². The van der Waals surface area contributed by atoms with Gasteiger partial charge in [0.05, 0.1) is 12.8 Å². The number of carbonyl (C=O) groups is 2. The predicted molar refractivity (Wildman–Crippen MR) is 83.9 cm³/mol. The topological polar surface area (TPSA) is 71.3 Å². The van der Waals surface area contributed by atoms with Gasteiger partial charge < -0.3 is 15.1 Å². The lowest BCUT2D eigenvalue weighted by atomic mass is 9.78. The molecule has 1 aliphatic rings.